The Balaban J connectivity index is 1.85. The lowest BCUT2D eigenvalue weighted by Gasteiger charge is -2.33. The van der Waals surface area contributed by atoms with Crippen molar-refractivity contribution in [3.05, 3.63) is 36.4 Å². The lowest BCUT2D eigenvalue weighted by Crippen LogP contribution is -2.48. The predicted octanol–water partition coefficient (Wildman–Crippen LogP) is 2.64. The molecule has 0 aromatic carbocycles. The van der Waals surface area contributed by atoms with Crippen LogP contribution in [0.3, 0.4) is 0 Å². The van der Waals surface area contributed by atoms with Crippen LogP contribution in [0.2, 0.25) is 26.2 Å². The van der Waals surface area contributed by atoms with Gasteiger partial charge in [-0.3, -0.25) is 0 Å². The van der Waals surface area contributed by atoms with Crippen LogP contribution in [0.5, 0.6) is 0 Å². The summed E-state index contributed by atoms with van der Waals surface area (Å²) < 4.78 is 6.63. The number of rotatable bonds is 10. The van der Waals surface area contributed by atoms with E-state index in [1.807, 2.05) is 0 Å². The van der Waals surface area contributed by atoms with Crippen molar-refractivity contribution in [2.24, 2.45) is 0 Å². The van der Waals surface area contributed by atoms with Crippen molar-refractivity contribution < 1.29 is 14.3 Å². The summed E-state index contributed by atoms with van der Waals surface area (Å²) in [6.45, 7) is 8.67. The molecule has 148 valence electrons. The molecule has 0 amide bonds. The number of nitrogens with zero attached hydrogens (tertiary/aromatic N) is 4. The Kier molecular flexibility index (Phi) is 8.40. The second kappa shape index (κ2) is 10.1. The van der Waals surface area contributed by atoms with Gasteiger partial charge in [0.2, 0.25) is 0 Å². The fraction of sp³-hybridized carbons (Fsp3) is 0.500. The molecular formula is C16H26N4O3S2Si2. The van der Waals surface area contributed by atoms with E-state index in [1.165, 1.54) is 0 Å². The number of aliphatic hydroxyl groups is 2. The average molecular weight is 443 g/mol. The molecule has 0 bridgehead atoms. The number of aliphatic hydroxyl groups excluding tert-OH is 2. The van der Waals surface area contributed by atoms with E-state index in [2.05, 4.69) is 46.1 Å². The van der Waals surface area contributed by atoms with Gasteiger partial charge in [0, 0.05) is 45.3 Å². The maximum Gasteiger partial charge on any atom is 0.183 e. The van der Waals surface area contributed by atoms with Gasteiger partial charge in [-0.15, -0.1) is 23.5 Å². The maximum atomic E-state index is 9.01. The molecular weight excluding hydrogens is 417 g/mol. The summed E-state index contributed by atoms with van der Waals surface area (Å²) in [5.41, 5.74) is 0. The molecule has 7 nitrogen and oxygen atoms in total. The first kappa shape index (κ1) is 22.5. The molecule has 2 rings (SSSR count). The lowest BCUT2D eigenvalue weighted by atomic mass is 10.6. The zero-order valence-electron chi connectivity index (χ0n) is 16.0. The monoisotopic (exact) mass is 442 g/mol. The topological polar surface area (TPSA) is 101 Å². The summed E-state index contributed by atoms with van der Waals surface area (Å²) in [5, 5.41) is 19.9. The first-order chi connectivity index (χ1) is 12.7. The van der Waals surface area contributed by atoms with E-state index in [9.17, 15) is 0 Å². The molecule has 0 fully saturated rings. The molecule has 0 saturated carbocycles. The van der Waals surface area contributed by atoms with Gasteiger partial charge in [-0.2, -0.15) is 0 Å². The highest BCUT2D eigenvalue weighted by molar-refractivity contribution is 8.01. The van der Waals surface area contributed by atoms with Gasteiger partial charge in [0.05, 0.1) is 0 Å². The van der Waals surface area contributed by atoms with Crippen LogP contribution in [0.4, 0.5) is 0 Å². The Morgan fingerprint density at radius 3 is 1.37 bits per heavy atom. The van der Waals surface area contributed by atoms with Crippen LogP contribution in [0.25, 0.3) is 0 Å². The smallest absolute Gasteiger partial charge is 0.183 e. The SMILES string of the molecule is C[Si](C)(CSc1cnc(CO)nc1)O[Si](C)(C)CSc1cnc(CO)nc1. The Morgan fingerprint density at radius 2 is 1.07 bits per heavy atom. The molecule has 0 spiro atoms. The molecule has 11 heteroatoms. The molecule has 0 aliphatic heterocycles. The maximum absolute atomic E-state index is 9.01. The zero-order valence-corrected chi connectivity index (χ0v) is 19.7. The van der Waals surface area contributed by atoms with Crippen molar-refractivity contribution in [2.75, 3.05) is 10.8 Å². The number of hydrogen-bond donors (Lipinski definition) is 2. The molecule has 0 atom stereocenters. The first-order valence-electron chi connectivity index (χ1n) is 8.52. The highest BCUT2D eigenvalue weighted by Gasteiger charge is 2.33. The minimum atomic E-state index is -1.85. The highest BCUT2D eigenvalue weighted by atomic mass is 32.2. The summed E-state index contributed by atoms with van der Waals surface area (Å²) in [5.74, 6) is 0.877. The van der Waals surface area contributed by atoms with E-state index in [1.54, 1.807) is 48.3 Å². The van der Waals surface area contributed by atoms with Crippen molar-refractivity contribution >= 4 is 40.2 Å². The molecule has 2 aromatic heterocycles. The number of thioether (sulfide) groups is 2. The van der Waals surface area contributed by atoms with Crippen molar-refractivity contribution in [2.45, 2.75) is 49.2 Å². The van der Waals surface area contributed by atoms with Gasteiger partial charge in [0.25, 0.3) is 0 Å². The largest absolute Gasteiger partial charge is 0.454 e. The van der Waals surface area contributed by atoms with E-state index >= 15 is 0 Å². The molecule has 2 aromatic rings. The van der Waals surface area contributed by atoms with Gasteiger partial charge in [0.15, 0.2) is 28.3 Å². The van der Waals surface area contributed by atoms with E-state index < -0.39 is 16.6 Å². The van der Waals surface area contributed by atoms with Crippen LogP contribution in [-0.4, -0.2) is 57.5 Å². The number of aromatic nitrogens is 4. The molecule has 0 aliphatic rings. The summed E-state index contributed by atoms with van der Waals surface area (Å²) in [6, 6.07) is 0. The summed E-state index contributed by atoms with van der Waals surface area (Å²) in [6.07, 6.45) is 7.01. The standard InChI is InChI=1S/C16H26N4O3S2Si2/c1-26(2,11-24-13-5-17-15(9-21)18-6-13)23-27(3,4)12-25-14-7-19-16(10-22)20-8-14/h5-8,21-22H,9-12H2,1-4H3. The number of hydrogen-bond acceptors (Lipinski definition) is 9. The van der Waals surface area contributed by atoms with Gasteiger partial charge in [-0.05, 0) is 26.2 Å². The summed E-state index contributed by atoms with van der Waals surface area (Å²) >= 11 is 3.42. The van der Waals surface area contributed by atoms with Gasteiger partial charge in [-0.25, -0.2) is 19.9 Å². The van der Waals surface area contributed by atoms with Crippen LogP contribution in [-0.2, 0) is 17.3 Å². The molecule has 0 aliphatic carbocycles. The summed E-state index contributed by atoms with van der Waals surface area (Å²) in [7, 11) is -3.71. The fourth-order valence-corrected chi connectivity index (χ4v) is 14.5. The van der Waals surface area contributed by atoms with Gasteiger partial charge in [0.1, 0.15) is 13.2 Å². The van der Waals surface area contributed by atoms with E-state index in [0.717, 1.165) is 20.5 Å². The molecule has 2 heterocycles. The Morgan fingerprint density at radius 1 is 0.741 bits per heavy atom. The van der Waals surface area contributed by atoms with Crippen molar-refractivity contribution in [3.8, 4) is 0 Å². The van der Waals surface area contributed by atoms with E-state index in [4.69, 9.17) is 14.3 Å². The Labute approximate surface area is 170 Å². The van der Waals surface area contributed by atoms with Crippen molar-refractivity contribution in [3.63, 3.8) is 0 Å². The van der Waals surface area contributed by atoms with Gasteiger partial charge >= 0.3 is 0 Å². The second-order valence-corrected chi connectivity index (χ2v) is 18.9. The molecule has 0 radical (unpaired) electrons. The normalized spacial score (nSPS) is 12.4. The first-order valence-corrected chi connectivity index (χ1v) is 16.7. The molecule has 2 N–H and O–H groups in total. The van der Waals surface area contributed by atoms with Crippen LogP contribution in [0.1, 0.15) is 11.6 Å². The van der Waals surface area contributed by atoms with Crippen LogP contribution in [0, 0.1) is 0 Å². The van der Waals surface area contributed by atoms with Gasteiger partial charge in [-0.1, -0.05) is 0 Å². The second-order valence-electron chi connectivity index (χ2n) is 7.19. The van der Waals surface area contributed by atoms with E-state index in [0.29, 0.717) is 11.6 Å². The van der Waals surface area contributed by atoms with Crippen molar-refractivity contribution in [1.82, 2.24) is 19.9 Å². The Bertz CT molecular complexity index is 657. The van der Waals surface area contributed by atoms with Crippen LogP contribution in [0.15, 0.2) is 34.6 Å². The molecule has 0 saturated heterocycles. The third-order valence-electron chi connectivity index (χ3n) is 3.37. The fourth-order valence-electron chi connectivity index (χ4n) is 2.32. The lowest BCUT2D eigenvalue weighted by molar-refractivity contribution is 0.271. The van der Waals surface area contributed by atoms with Crippen LogP contribution < -0.4 is 0 Å². The molecule has 27 heavy (non-hydrogen) atoms. The Hall–Kier alpha value is -0.826. The van der Waals surface area contributed by atoms with Gasteiger partial charge < -0.3 is 14.3 Å². The average Bonchev–Trinajstić information content (AvgIpc) is 2.65. The zero-order chi connectivity index (χ0) is 19.9. The predicted molar refractivity (Wildman–Crippen MR) is 113 cm³/mol. The third kappa shape index (κ3) is 7.97. The summed E-state index contributed by atoms with van der Waals surface area (Å²) in [4.78, 5) is 18.5. The minimum absolute atomic E-state index is 0.139. The third-order valence-corrected chi connectivity index (χ3v) is 15.6. The highest BCUT2D eigenvalue weighted by Crippen LogP contribution is 2.27. The van der Waals surface area contributed by atoms with Crippen LogP contribution >= 0.6 is 23.5 Å². The van der Waals surface area contributed by atoms with Crippen molar-refractivity contribution in [1.29, 1.82) is 0 Å². The van der Waals surface area contributed by atoms with E-state index in [-0.39, 0.29) is 13.2 Å². The molecule has 0 unspecified atom stereocenters. The quantitative estimate of drug-likeness (QED) is 0.424. The minimum Gasteiger partial charge on any atom is -0.454 e.